The third kappa shape index (κ3) is 1.81. The number of hydrogen-bond donors (Lipinski definition) is 1. The Hall–Kier alpha value is -1.77. The van der Waals surface area contributed by atoms with E-state index in [2.05, 4.69) is 5.32 Å². The summed E-state index contributed by atoms with van der Waals surface area (Å²) in [5.41, 5.74) is 1.75. The first-order chi connectivity index (χ1) is 7.76. The molecule has 0 saturated heterocycles. The second kappa shape index (κ2) is 4.39. The monoisotopic (exact) mass is 217 g/mol. The van der Waals surface area contributed by atoms with Crippen molar-refractivity contribution < 1.29 is 9.53 Å². The Labute approximate surface area is 95.1 Å². The van der Waals surface area contributed by atoms with Crippen molar-refractivity contribution in [1.82, 2.24) is 0 Å². The van der Waals surface area contributed by atoms with Gasteiger partial charge in [-0.15, -0.1) is 0 Å². The Morgan fingerprint density at radius 2 is 2.31 bits per heavy atom. The molecule has 3 nitrogen and oxygen atoms in total. The maximum atomic E-state index is 11.6. The lowest BCUT2D eigenvalue weighted by molar-refractivity contribution is -0.123. The highest BCUT2D eigenvalue weighted by Crippen LogP contribution is 2.34. The molecule has 3 heteroatoms. The molecule has 0 saturated carbocycles. The van der Waals surface area contributed by atoms with E-state index in [0.717, 1.165) is 17.0 Å². The summed E-state index contributed by atoms with van der Waals surface area (Å²) in [5.74, 6) is 0.708. The maximum Gasteiger partial charge on any atom is 0.265 e. The second-order valence-electron chi connectivity index (χ2n) is 3.73. The lowest BCUT2D eigenvalue weighted by Gasteiger charge is -2.26. The summed E-state index contributed by atoms with van der Waals surface area (Å²) in [6.45, 7) is 3.89. The van der Waals surface area contributed by atoms with Crippen molar-refractivity contribution in [1.29, 1.82) is 0 Å². The number of nitrogens with one attached hydrogen (secondary N) is 1. The molecule has 0 spiro atoms. The van der Waals surface area contributed by atoms with Crippen LogP contribution in [0, 0.1) is 0 Å². The Kier molecular flexibility index (Phi) is 2.95. The van der Waals surface area contributed by atoms with E-state index in [4.69, 9.17) is 4.74 Å². The van der Waals surface area contributed by atoms with Gasteiger partial charge in [-0.25, -0.2) is 0 Å². The zero-order valence-electron chi connectivity index (χ0n) is 9.49. The van der Waals surface area contributed by atoms with Crippen molar-refractivity contribution in [2.45, 2.75) is 26.4 Å². The summed E-state index contributed by atoms with van der Waals surface area (Å²) >= 11 is 0. The molecular formula is C13H15NO2. The van der Waals surface area contributed by atoms with Gasteiger partial charge in [-0.05, 0) is 19.4 Å². The molecule has 1 atom stereocenters. The first kappa shape index (κ1) is 10.7. The minimum absolute atomic E-state index is 0.0624. The fourth-order valence-electron chi connectivity index (χ4n) is 1.77. The molecule has 1 aliphatic rings. The van der Waals surface area contributed by atoms with Crippen molar-refractivity contribution in [2.24, 2.45) is 0 Å². The fraction of sp³-hybridized carbons (Fsp3) is 0.308. The quantitative estimate of drug-likeness (QED) is 0.827. The topological polar surface area (TPSA) is 38.3 Å². The second-order valence-corrected chi connectivity index (χ2v) is 3.73. The van der Waals surface area contributed by atoms with Crippen molar-refractivity contribution in [3.63, 3.8) is 0 Å². The third-order valence-corrected chi connectivity index (χ3v) is 2.57. The highest BCUT2D eigenvalue weighted by molar-refractivity contribution is 5.98. The highest BCUT2D eigenvalue weighted by Gasteiger charge is 2.26. The molecule has 0 aliphatic carbocycles. The van der Waals surface area contributed by atoms with Crippen LogP contribution in [0.1, 0.15) is 25.8 Å². The van der Waals surface area contributed by atoms with Gasteiger partial charge >= 0.3 is 0 Å². The van der Waals surface area contributed by atoms with E-state index in [9.17, 15) is 4.79 Å². The van der Waals surface area contributed by atoms with Crippen LogP contribution in [0.4, 0.5) is 5.69 Å². The number of allylic oxidation sites excluding steroid dienone is 1. The minimum Gasteiger partial charge on any atom is -0.478 e. The van der Waals surface area contributed by atoms with Gasteiger partial charge in [0.05, 0.1) is 5.69 Å². The van der Waals surface area contributed by atoms with Crippen LogP contribution >= 0.6 is 0 Å². The van der Waals surface area contributed by atoms with Crippen molar-refractivity contribution in [3.8, 4) is 5.75 Å². The first-order valence-corrected chi connectivity index (χ1v) is 5.49. The predicted octanol–water partition coefficient (Wildman–Crippen LogP) is 2.83. The first-order valence-electron chi connectivity index (χ1n) is 5.49. The molecule has 2 rings (SSSR count). The van der Waals surface area contributed by atoms with Gasteiger partial charge in [-0.1, -0.05) is 31.2 Å². The number of para-hydroxylation sites is 1. The van der Waals surface area contributed by atoms with Crippen molar-refractivity contribution in [3.05, 3.63) is 29.8 Å². The summed E-state index contributed by atoms with van der Waals surface area (Å²) in [6.07, 6.45) is 4.23. The molecule has 0 aromatic heterocycles. The number of amides is 1. The lowest BCUT2D eigenvalue weighted by Crippen LogP contribution is -2.36. The summed E-state index contributed by atoms with van der Waals surface area (Å²) in [5, 5.41) is 2.86. The van der Waals surface area contributed by atoms with E-state index in [1.54, 1.807) is 0 Å². The van der Waals surface area contributed by atoms with Crippen LogP contribution < -0.4 is 10.1 Å². The molecule has 1 unspecified atom stereocenters. The van der Waals surface area contributed by atoms with E-state index in [1.165, 1.54) is 0 Å². The van der Waals surface area contributed by atoms with E-state index in [-0.39, 0.29) is 12.0 Å². The molecule has 1 aromatic carbocycles. The van der Waals surface area contributed by atoms with Gasteiger partial charge in [-0.2, -0.15) is 0 Å². The van der Waals surface area contributed by atoms with Gasteiger partial charge in [0.2, 0.25) is 0 Å². The minimum atomic E-state index is -0.376. The third-order valence-electron chi connectivity index (χ3n) is 2.57. The Bertz CT molecular complexity index is 438. The average Bonchev–Trinajstić information content (AvgIpc) is 2.29. The zero-order valence-corrected chi connectivity index (χ0v) is 9.49. The van der Waals surface area contributed by atoms with Gasteiger partial charge in [0.25, 0.3) is 5.91 Å². The number of rotatable bonds is 2. The lowest BCUT2D eigenvalue weighted by atomic mass is 10.1. The van der Waals surface area contributed by atoms with E-state index in [0.29, 0.717) is 6.42 Å². The zero-order chi connectivity index (χ0) is 11.5. The van der Waals surface area contributed by atoms with Gasteiger partial charge in [-0.3, -0.25) is 4.79 Å². The van der Waals surface area contributed by atoms with Crippen LogP contribution in [-0.4, -0.2) is 12.0 Å². The van der Waals surface area contributed by atoms with Gasteiger partial charge in [0, 0.05) is 5.56 Å². The summed E-state index contributed by atoms with van der Waals surface area (Å²) in [6, 6.07) is 5.74. The van der Waals surface area contributed by atoms with Crippen LogP contribution in [0.25, 0.3) is 6.08 Å². The van der Waals surface area contributed by atoms with Crippen LogP contribution in [0.2, 0.25) is 0 Å². The van der Waals surface area contributed by atoms with Crippen molar-refractivity contribution >= 4 is 17.7 Å². The van der Waals surface area contributed by atoms with Crippen molar-refractivity contribution in [2.75, 3.05) is 5.32 Å². The number of fused-ring (bicyclic) bond motifs is 1. The molecule has 1 heterocycles. The largest absolute Gasteiger partial charge is 0.478 e. The number of ether oxygens (including phenoxy) is 1. The molecule has 0 fully saturated rings. The summed E-state index contributed by atoms with van der Waals surface area (Å²) < 4.78 is 5.71. The van der Waals surface area contributed by atoms with Gasteiger partial charge < -0.3 is 10.1 Å². The standard InChI is InChI=1S/C13H15NO2/c1-3-6-9-7-5-8-10-12(9)16-11(4-2)13(15)14-10/h3,5-8,11H,4H2,1-2H3,(H,14,15)/b6-3-. The number of hydrogen-bond acceptors (Lipinski definition) is 2. The molecule has 16 heavy (non-hydrogen) atoms. The Balaban J connectivity index is 2.43. The number of benzene rings is 1. The average molecular weight is 217 g/mol. The maximum absolute atomic E-state index is 11.6. The normalized spacial score (nSPS) is 19.1. The van der Waals surface area contributed by atoms with Crippen LogP contribution in [0.3, 0.4) is 0 Å². The molecule has 1 amide bonds. The number of carbonyl (C=O) groups excluding carboxylic acids is 1. The van der Waals surface area contributed by atoms with Gasteiger partial charge in [0.1, 0.15) is 0 Å². The van der Waals surface area contributed by atoms with E-state index >= 15 is 0 Å². The smallest absolute Gasteiger partial charge is 0.265 e. The van der Waals surface area contributed by atoms with Crippen LogP contribution in [0.15, 0.2) is 24.3 Å². The van der Waals surface area contributed by atoms with Crippen LogP contribution in [-0.2, 0) is 4.79 Å². The number of carbonyl (C=O) groups is 1. The SMILES string of the molecule is C/C=C\c1cccc2c1OC(CC)C(=O)N2. The summed E-state index contributed by atoms with van der Waals surface area (Å²) in [7, 11) is 0. The van der Waals surface area contributed by atoms with Gasteiger partial charge in [0.15, 0.2) is 11.9 Å². The molecule has 84 valence electrons. The molecule has 1 aromatic rings. The van der Waals surface area contributed by atoms with Crippen LogP contribution in [0.5, 0.6) is 5.75 Å². The predicted molar refractivity (Wildman–Crippen MR) is 64.5 cm³/mol. The summed E-state index contributed by atoms with van der Waals surface area (Å²) in [4.78, 5) is 11.6. The Morgan fingerprint density at radius 3 is 3.00 bits per heavy atom. The number of anilines is 1. The Morgan fingerprint density at radius 1 is 1.50 bits per heavy atom. The highest BCUT2D eigenvalue weighted by atomic mass is 16.5. The molecule has 0 radical (unpaired) electrons. The molecular weight excluding hydrogens is 202 g/mol. The molecule has 0 bridgehead atoms. The van der Waals surface area contributed by atoms with E-state index in [1.807, 2.05) is 44.2 Å². The van der Waals surface area contributed by atoms with E-state index < -0.39 is 0 Å². The molecule has 1 N–H and O–H groups in total. The molecule has 1 aliphatic heterocycles. The fourth-order valence-corrected chi connectivity index (χ4v) is 1.77.